The lowest BCUT2D eigenvalue weighted by Gasteiger charge is -2.07. The number of halogens is 2. The van der Waals surface area contributed by atoms with Crippen molar-refractivity contribution in [3.63, 3.8) is 0 Å². The van der Waals surface area contributed by atoms with E-state index in [0.29, 0.717) is 6.54 Å². The number of nitrogens with one attached hydrogen (secondary N) is 1. The van der Waals surface area contributed by atoms with Crippen LogP contribution >= 0.6 is 15.9 Å². The molecule has 0 amide bonds. The average molecular weight is 302 g/mol. The van der Waals surface area contributed by atoms with E-state index in [1.54, 1.807) is 12.1 Å². The summed E-state index contributed by atoms with van der Waals surface area (Å²) in [5.74, 6) is 0.613. The van der Waals surface area contributed by atoms with Crippen LogP contribution in [-0.2, 0) is 11.3 Å². The van der Waals surface area contributed by atoms with Gasteiger partial charge < -0.3 is 10.1 Å². The number of hydrogen-bond donors (Lipinski definition) is 1. The van der Waals surface area contributed by atoms with Crippen LogP contribution < -0.4 is 5.32 Å². The molecule has 94 valence electrons. The molecule has 1 aromatic rings. The highest BCUT2D eigenvalue weighted by Gasteiger charge is 2.20. The molecule has 2 nitrogen and oxygen atoms in total. The molecule has 0 aromatic heterocycles. The van der Waals surface area contributed by atoms with Crippen molar-refractivity contribution in [2.24, 2.45) is 5.92 Å². The second-order valence-corrected chi connectivity index (χ2v) is 5.29. The van der Waals surface area contributed by atoms with Gasteiger partial charge >= 0.3 is 0 Å². The molecular weight excluding hydrogens is 285 g/mol. The molecule has 1 fully saturated rings. The van der Waals surface area contributed by atoms with E-state index in [4.69, 9.17) is 4.74 Å². The maximum absolute atomic E-state index is 13.0. The Balaban J connectivity index is 1.61. The van der Waals surface area contributed by atoms with Gasteiger partial charge in [0.2, 0.25) is 0 Å². The van der Waals surface area contributed by atoms with E-state index in [2.05, 4.69) is 21.2 Å². The normalized spacial score (nSPS) is 15.2. The first kappa shape index (κ1) is 13.0. The van der Waals surface area contributed by atoms with E-state index in [1.807, 2.05) is 0 Å². The van der Waals surface area contributed by atoms with Crippen LogP contribution in [0.5, 0.6) is 0 Å². The number of rotatable bonds is 7. The quantitative estimate of drug-likeness (QED) is 0.782. The van der Waals surface area contributed by atoms with E-state index in [9.17, 15) is 4.39 Å². The summed E-state index contributed by atoms with van der Waals surface area (Å²) >= 11 is 3.40. The Morgan fingerprint density at radius 1 is 1.41 bits per heavy atom. The highest BCUT2D eigenvalue weighted by atomic mass is 79.9. The number of benzene rings is 1. The summed E-state index contributed by atoms with van der Waals surface area (Å²) in [6.07, 6.45) is 2.65. The summed E-state index contributed by atoms with van der Waals surface area (Å²) in [7, 11) is 0. The van der Waals surface area contributed by atoms with Gasteiger partial charge in [-0.2, -0.15) is 0 Å². The summed E-state index contributed by atoms with van der Waals surface area (Å²) in [5.41, 5.74) is 0.937. The molecule has 4 heteroatoms. The van der Waals surface area contributed by atoms with Crippen molar-refractivity contribution in [1.82, 2.24) is 5.32 Å². The molecule has 0 spiro atoms. The van der Waals surface area contributed by atoms with E-state index in [0.717, 1.165) is 35.7 Å². The van der Waals surface area contributed by atoms with Gasteiger partial charge in [-0.05, 0) is 42.5 Å². The topological polar surface area (TPSA) is 21.3 Å². The third kappa shape index (κ3) is 4.74. The fourth-order valence-electron chi connectivity index (χ4n) is 1.58. The SMILES string of the molecule is Fc1ccc(Br)c(CNCCOCC2CC2)c1. The third-order valence-corrected chi connectivity index (χ3v) is 3.57. The molecule has 1 aliphatic carbocycles. The summed E-state index contributed by atoms with van der Waals surface area (Å²) in [6, 6.07) is 4.73. The lowest BCUT2D eigenvalue weighted by Crippen LogP contribution is -2.20. The number of ether oxygens (including phenoxy) is 1. The Morgan fingerprint density at radius 3 is 3.00 bits per heavy atom. The van der Waals surface area contributed by atoms with Gasteiger partial charge in [0.1, 0.15) is 5.82 Å². The van der Waals surface area contributed by atoms with Gasteiger partial charge in [-0.3, -0.25) is 0 Å². The van der Waals surface area contributed by atoms with Gasteiger partial charge in [0.05, 0.1) is 6.61 Å². The van der Waals surface area contributed by atoms with Crippen LogP contribution in [0.15, 0.2) is 22.7 Å². The first-order valence-electron chi connectivity index (χ1n) is 5.98. The van der Waals surface area contributed by atoms with Crippen LogP contribution in [-0.4, -0.2) is 19.8 Å². The highest BCUT2D eigenvalue weighted by Crippen LogP contribution is 2.28. The molecule has 0 heterocycles. The Hall–Kier alpha value is -0.450. The largest absolute Gasteiger partial charge is 0.380 e. The lowest BCUT2D eigenvalue weighted by atomic mass is 10.2. The fourth-order valence-corrected chi connectivity index (χ4v) is 1.97. The van der Waals surface area contributed by atoms with Gasteiger partial charge in [-0.25, -0.2) is 4.39 Å². The summed E-state index contributed by atoms with van der Waals surface area (Å²) in [5, 5.41) is 3.24. The van der Waals surface area contributed by atoms with E-state index in [-0.39, 0.29) is 5.82 Å². The van der Waals surface area contributed by atoms with Crippen LogP contribution in [0, 0.1) is 11.7 Å². The summed E-state index contributed by atoms with van der Waals surface area (Å²) in [6.45, 7) is 3.08. The minimum atomic E-state index is -0.199. The maximum atomic E-state index is 13.0. The fraction of sp³-hybridized carbons (Fsp3) is 0.538. The second-order valence-electron chi connectivity index (χ2n) is 4.43. The Kier molecular flexibility index (Phi) is 4.95. The molecule has 0 saturated heterocycles. The van der Waals surface area contributed by atoms with Crippen molar-refractivity contribution in [3.05, 3.63) is 34.1 Å². The zero-order valence-electron chi connectivity index (χ0n) is 9.72. The Morgan fingerprint density at radius 2 is 2.24 bits per heavy atom. The zero-order valence-corrected chi connectivity index (χ0v) is 11.3. The monoisotopic (exact) mass is 301 g/mol. The van der Waals surface area contributed by atoms with Gasteiger partial charge in [0, 0.05) is 24.2 Å². The minimum absolute atomic E-state index is 0.199. The Labute approximate surface area is 110 Å². The first-order chi connectivity index (χ1) is 8.25. The first-order valence-corrected chi connectivity index (χ1v) is 6.77. The van der Waals surface area contributed by atoms with Crippen LogP contribution in [0.4, 0.5) is 4.39 Å². The Bertz CT molecular complexity index is 368. The molecule has 0 unspecified atom stereocenters. The van der Waals surface area contributed by atoms with Crippen molar-refractivity contribution in [3.8, 4) is 0 Å². The molecule has 0 bridgehead atoms. The van der Waals surface area contributed by atoms with Crippen LogP contribution in [0.1, 0.15) is 18.4 Å². The lowest BCUT2D eigenvalue weighted by molar-refractivity contribution is 0.126. The van der Waals surface area contributed by atoms with Crippen molar-refractivity contribution >= 4 is 15.9 Å². The van der Waals surface area contributed by atoms with Crippen molar-refractivity contribution in [2.45, 2.75) is 19.4 Å². The molecule has 1 saturated carbocycles. The molecule has 1 aromatic carbocycles. The van der Waals surface area contributed by atoms with Crippen LogP contribution in [0.2, 0.25) is 0 Å². The minimum Gasteiger partial charge on any atom is -0.380 e. The van der Waals surface area contributed by atoms with Crippen molar-refractivity contribution in [1.29, 1.82) is 0 Å². The predicted octanol–water partition coefficient (Wildman–Crippen LogP) is 3.10. The smallest absolute Gasteiger partial charge is 0.123 e. The van der Waals surface area contributed by atoms with E-state index in [1.165, 1.54) is 18.9 Å². The van der Waals surface area contributed by atoms with Crippen LogP contribution in [0.25, 0.3) is 0 Å². The van der Waals surface area contributed by atoms with Crippen LogP contribution in [0.3, 0.4) is 0 Å². The third-order valence-electron chi connectivity index (χ3n) is 2.80. The van der Waals surface area contributed by atoms with Gasteiger partial charge in [0.15, 0.2) is 0 Å². The molecule has 0 aliphatic heterocycles. The molecule has 1 N–H and O–H groups in total. The second kappa shape index (κ2) is 6.47. The standard InChI is InChI=1S/C13H17BrFNO/c14-13-4-3-12(15)7-11(13)8-16-5-6-17-9-10-1-2-10/h3-4,7,10,16H,1-2,5-6,8-9H2. The van der Waals surface area contributed by atoms with E-state index < -0.39 is 0 Å². The maximum Gasteiger partial charge on any atom is 0.123 e. The van der Waals surface area contributed by atoms with Crippen molar-refractivity contribution < 1.29 is 9.13 Å². The molecule has 2 rings (SSSR count). The summed E-state index contributed by atoms with van der Waals surface area (Å²) in [4.78, 5) is 0. The number of hydrogen-bond acceptors (Lipinski definition) is 2. The average Bonchev–Trinajstić information content (AvgIpc) is 3.11. The molecular formula is C13H17BrFNO. The molecule has 0 radical (unpaired) electrons. The van der Waals surface area contributed by atoms with Gasteiger partial charge in [-0.1, -0.05) is 15.9 Å². The molecule has 0 atom stereocenters. The van der Waals surface area contributed by atoms with Gasteiger partial charge in [0.25, 0.3) is 0 Å². The highest BCUT2D eigenvalue weighted by molar-refractivity contribution is 9.10. The summed E-state index contributed by atoms with van der Waals surface area (Å²) < 4.78 is 19.4. The molecule has 1 aliphatic rings. The molecule has 17 heavy (non-hydrogen) atoms. The predicted molar refractivity (Wildman–Crippen MR) is 69.3 cm³/mol. The van der Waals surface area contributed by atoms with Crippen molar-refractivity contribution in [2.75, 3.05) is 19.8 Å². The van der Waals surface area contributed by atoms with Gasteiger partial charge in [-0.15, -0.1) is 0 Å². The van der Waals surface area contributed by atoms with E-state index >= 15 is 0 Å². The zero-order chi connectivity index (χ0) is 12.1.